The molecule has 0 aromatic heterocycles. The van der Waals surface area contributed by atoms with Crippen LogP contribution in [0.2, 0.25) is 5.02 Å². The minimum Gasteiger partial charge on any atom is -0.251 e. The number of alkyl halides is 1. The normalized spacial score (nSPS) is 30.0. The molecule has 0 nitrogen and oxygen atoms in total. The van der Waals surface area contributed by atoms with Gasteiger partial charge in [-0.3, -0.25) is 4.39 Å². The van der Waals surface area contributed by atoms with Crippen molar-refractivity contribution in [1.82, 2.24) is 0 Å². The summed E-state index contributed by atoms with van der Waals surface area (Å²) < 4.78 is 39.6. The Kier molecular flexibility index (Phi) is 7.08. The number of halogens is 4. The summed E-state index contributed by atoms with van der Waals surface area (Å²) in [4.78, 5) is 0. The molecule has 1 aromatic carbocycles. The quantitative estimate of drug-likeness (QED) is 0.362. The van der Waals surface area contributed by atoms with Gasteiger partial charge >= 0.3 is 0 Å². The van der Waals surface area contributed by atoms with Gasteiger partial charge in [0.1, 0.15) is 16.7 Å². The van der Waals surface area contributed by atoms with Gasteiger partial charge < -0.3 is 0 Å². The van der Waals surface area contributed by atoms with E-state index in [9.17, 15) is 13.2 Å². The van der Waals surface area contributed by atoms with Gasteiger partial charge in [0.15, 0.2) is 0 Å². The molecule has 144 valence electrons. The van der Waals surface area contributed by atoms with E-state index in [1.54, 1.807) is 0 Å². The van der Waals surface area contributed by atoms with Crippen molar-refractivity contribution in [2.75, 3.05) is 6.67 Å². The van der Waals surface area contributed by atoms with E-state index in [0.29, 0.717) is 12.3 Å². The lowest BCUT2D eigenvalue weighted by atomic mass is 9.68. The molecule has 3 rings (SSSR count). The maximum atomic E-state index is 13.7. The molecule has 1 aromatic rings. The number of allylic oxidation sites excluding steroid dienone is 2. The molecule has 2 aliphatic carbocycles. The second-order valence-corrected chi connectivity index (χ2v) is 8.37. The Labute approximate surface area is 159 Å². The van der Waals surface area contributed by atoms with Crippen LogP contribution in [-0.4, -0.2) is 6.67 Å². The van der Waals surface area contributed by atoms with Crippen LogP contribution in [0, 0.1) is 29.4 Å². The zero-order valence-corrected chi connectivity index (χ0v) is 16.0. The van der Waals surface area contributed by atoms with Gasteiger partial charge in [-0.05, 0) is 99.2 Å². The van der Waals surface area contributed by atoms with E-state index < -0.39 is 16.7 Å². The number of benzene rings is 1. The standard InChI is InChI=1S/C22H28ClF3/c23-22-20(25)13-19(14-21(22)26)18-10-8-17(9-11-18)16-6-4-15(5-7-16)3-1-2-12-24/h1,3,13-18H,2,4-12H2/t15-,16-,17-,18-. The highest BCUT2D eigenvalue weighted by Gasteiger charge is 2.31. The van der Waals surface area contributed by atoms with Crippen molar-refractivity contribution in [2.45, 2.75) is 63.7 Å². The Morgan fingerprint density at radius 3 is 1.96 bits per heavy atom. The fourth-order valence-corrected chi connectivity index (χ4v) is 5.00. The van der Waals surface area contributed by atoms with Crippen molar-refractivity contribution < 1.29 is 13.2 Å². The molecule has 0 N–H and O–H groups in total. The summed E-state index contributed by atoms with van der Waals surface area (Å²) in [6.45, 7) is -0.267. The topological polar surface area (TPSA) is 0 Å². The third kappa shape index (κ3) is 4.85. The van der Waals surface area contributed by atoms with Gasteiger partial charge in [-0.2, -0.15) is 0 Å². The molecule has 0 amide bonds. The van der Waals surface area contributed by atoms with Gasteiger partial charge in [0.2, 0.25) is 0 Å². The molecule has 2 aliphatic rings. The smallest absolute Gasteiger partial charge is 0.145 e. The van der Waals surface area contributed by atoms with Gasteiger partial charge in [-0.1, -0.05) is 23.8 Å². The molecule has 0 atom stereocenters. The Morgan fingerprint density at radius 1 is 0.885 bits per heavy atom. The molecule has 0 bridgehead atoms. The van der Waals surface area contributed by atoms with Crippen LogP contribution in [0.1, 0.15) is 69.3 Å². The largest absolute Gasteiger partial charge is 0.251 e. The predicted octanol–water partition coefficient (Wildman–Crippen LogP) is 7.61. The molecule has 2 saturated carbocycles. The summed E-state index contributed by atoms with van der Waals surface area (Å²) in [7, 11) is 0. The first-order chi connectivity index (χ1) is 12.6. The third-order valence-corrected chi connectivity index (χ3v) is 6.78. The summed E-state index contributed by atoms with van der Waals surface area (Å²) in [5, 5.41) is -0.403. The lowest BCUT2D eigenvalue weighted by molar-refractivity contribution is 0.171. The van der Waals surface area contributed by atoms with Crippen molar-refractivity contribution in [3.8, 4) is 0 Å². The van der Waals surface area contributed by atoms with Crippen LogP contribution in [0.15, 0.2) is 24.3 Å². The summed E-state index contributed by atoms with van der Waals surface area (Å²) in [6.07, 6.45) is 13.9. The number of rotatable bonds is 5. The zero-order valence-electron chi connectivity index (χ0n) is 15.2. The van der Waals surface area contributed by atoms with Crippen molar-refractivity contribution in [3.05, 3.63) is 46.5 Å². The lowest BCUT2D eigenvalue weighted by Gasteiger charge is -2.37. The van der Waals surface area contributed by atoms with Crippen molar-refractivity contribution >= 4 is 11.6 Å². The Morgan fingerprint density at radius 2 is 1.42 bits per heavy atom. The van der Waals surface area contributed by atoms with E-state index in [4.69, 9.17) is 11.6 Å². The maximum Gasteiger partial charge on any atom is 0.145 e. The molecule has 0 aliphatic heterocycles. The molecule has 26 heavy (non-hydrogen) atoms. The van der Waals surface area contributed by atoms with Crippen LogP contribution in [0.25, 0.3) is 0 Å². The van der Waals surface area contributed by atoms with E-state index in [0.717, 1.165) is 43.1 Å². The number of hydrogen-bond donors (Lipinski definition) is 0. The monoisotopic (exact) mass is 384 g/mol. The van der Waals surface area contributed by atoms with E-state index in [2.05, 4.69) is 6.08 Å². The number of hydrogen-bond acceptors (Lipinski definition) is 0. The Hall–Kier alpha value is -0.960. The average Bonchev–Trinajstić information content (AvgIpc) is 2.67. The van der Waals surface area contributed by atoms with Gasteiger partial charge in [0.25, 0.3) is 0 Å². The van der Waals surface area contributed by atoms with Crippen LogP contribution in [0.5, 0.6) is 0 Å². The Bertz CT molecular complexity index is 589. The molecule has 0 radical (unpaired) electrons. The molecule has 2 fully saturated rings. The lowest BCUT2D eigenvalue weighted by Crippen LogP contribution is -2.25. The fraction of sp³-hybridized carbons (Fsp3) is 0.636. The first-order valence-electron chi connectivity index (χ1n) is 9.95. The fourth-order valence-electron chi connectivity index (χ4n) is 4.90. The van der Waals surface area contributed by atoms with Crippen LogP contribution in [-0.2, 0) is 0 Å². The second kappa shape index (κ2) is 9.30. The summed E-state index contributed by atoms with van der Waals surface area (Å²) in [5.74, 6) is 1.08. The van der Waals surface area contributed by atoms with Crippen LogP contribution < -0.4 is 0 Å². The Balaban J connectivity index is 1.49. The average molecular weight is 385 g/mol. The van der Waals surface area contributed by atoms with E-state index in [1.165, 1.54) is 37.8 Å². The highest BCUT2D eigenvalue weighted by molar-refractivity contribution is 6.30. The molecule has 0 saturated heterocycles. The summed E-state index contributed by atoms with van der Waals surface area (Å²) >= 11 is 5.59. The van der Waals surface area contributed by atoms with Gasteiger partial charge in [0.05, 0.1) is 6.67 Å². The second-order valence-electron chi connectivity index (χ2n) is 7.99. The SMILES string of the molecule is FCCC=C[C@H]1CC[C@H]([C@H]2CC[C@H](c3cc(F)c(Cl)c(F)c3)CC2)CC1. The highest BCUT2D eigenvalue weighted by Crippen LogP contribution is 2.44. The van der Waals surface area contributed by atoms with E-state index in [1.807, 2.05) is 6.08 Å². The summed E-state index contributed by atoms with van der Waals surface area (Å²) in [5.41, 5.74) is 0.754. The van der Waals surface area contributed by atoms with Crippen molar-refractivity contribution in [3.63, 3.8) is 0 Å². The third-order valence-electron chi connectivity index (χ3n) is 6.42. The minimum atomic E-state index is -0.650. The zero-order chi connectivity index (χ0) is 18.5. The van der Waals surface area contributed by atoms with Crippen LogP contribution in [0.3, 0.4) is 0 Å². The molecule has 4 heteroatoms. The van der Waals surface area contributed by atoms with Gasteiger partial charge in [0, 0.05) is 0 Å². The molecule has 0 spiro atoms. The van der Waals surface area contributed by atoms with E-state index >= 15 is 0 Å². The van der Waals surface area contributed by atoms with Gasteiger partial charge in [-0.15, -0.1) is 0 Å². The predicted molar refractivity (Wildman–Crippen MR) is 101 cm³/mol. The first kappa shape index (κ1) is 19.8. The van der Waals surface area contributed by atoms with Crippen LogP contribution in [0.4, 0.5) is 13.2 Å². The van der Waals surface area contributed by atoms with Gasteiger partial charge in [-0.25, -0.2) is 8.78 Å². The first-order valence-corrected chi connectivity index (χ1v) is 10.3. The summed E-state index contributed by atoms with van der Waals surface area (Å²) in [6, 6.07) is 2.82. The van der Waals surface area contributed by atoms with Crippen molar-refractivity contribution in [2.24, 2.45) is 17.8 Å². The van der Waals surface area contributed by atoms with E-state index in [-0.39, 0.29) is 12.6 Å². The highest BCUT2D eigenvalue weighted by atomic mass is 35.5. The van der Waals surface area contributed by atoms with Crippen LogP contribution >= 0.6 is 11.6 Å². The molecular formula is C22H28ClF3. The minimum absolute atomic E-state index is 0.243. The molecule has 0 heterocycles. The van der Waals surface area contributed by atoms with Crippen molar-refractivity contribution in [1.29, 1.82) is 0 Å². The maximum absolute atomic E-state index is 13.7. The molecule has 0 unspecified atom stereocenters. The molecular weight excluding hydrogens is 357 g/mol.